The number of nitrogens with zero attached hydrogens (tertiary/aromatic N) is 4. The smallest absolute Gasteiger partial charge is 0.260 e. The molecule has 1 aromatic heterocycles. The molecule has 1 aliphatic heterocycles. The summed E-state index contributed by atoms with van der Waals surface area (Å²) in [5, 5.41) is 8.06. The van der Waals surface area contributed by atoms with Crippen LogP contribution in [0.1, 0.15) is 11.6 Å². The van der Waals surface area contributed by atoms with Crippen LogP contribution in [-0.4, -0.2) is 58.7 Å². The molecular formula is C16H19FN4O3. The third-order valence-electron chi connectivity index (χ3n) is 4.10. The molecule has 0 saturated carbocycles. The van der Waals surface area contributed by atoms with E-state index in [1.807, 2.05) is 6.20 Å². The number of carbonyl (C=O) groups is 1. The highest BCUT2D eigenvalue weighted by Gasteiger charge is 2.38. The predicted octanol–water partition coefficient (Wildman–Crippen LogP) is 0.974. The van der Waals surface area contributed by atoms with Gasteiger partial charge >= 0.3 is 0 Å². The SMILES string of the molecule is CO[C@@H]1CN(C(=O)COc2ccc(F)cc2)C[C@H]1c1cn(C)nn1. The average molecular weight is 334 g/mol. The van der Waals surface area contributed by atoms with Crippen molar-refractivity contribution in [3.05, 3.63) is 42.0 Å². The molecule has 2 aromatic rings. The fourth-order valence-corrected chi connectivity index (χ4v) is 2.80. The second-order valence-electron chi connectivity index (χ2n) is 5.74. The number of rotatable bonds is 5. The number of aromatic nitrogens is 3. The van der Waals surface area contributed by atoms with Crippen LogP contribution in [0.5, 0.6) is 5.75 Å². The molecule has 24 heavy (non-hydrogen) atoms. The number of ether oxygens (including phenoxy) is 2. The van der Waals surface area contributed by atoms with Crippen LogP contribution in [0.4, 0.5) is 4.39 Å². The molecule has 0 unspecified atom stereocenters. The minimum absolute atomic E-state index is 0.0153. The topological polar surface area (TPSA) is 69.5 Å². The molecule has 128 valence electrons. The van der Waals surface area contributed by atoms with Gasteiger partial charge in [-0.1, -0.05) is 5.21 Å². The Labute approximate surface area is 139 Å². The first-order valence-electron chi connectivity index (χ1n) is 7.62. The maximum absolute atomic E-state index is 12.9. The van der Waals surface area contributed by atoms with Gasteiger partial charge in [0.05, 0.1) is 17.7 Å². The van der Waals surface area contributed by atoms with Gasteiger partial charge in [-0.05, 0) is 24.3 Å². The fourth-order valence-electron chi connectivity index (χ4n) is 2.80. The Balaban J connectivity index is 1.60. The highest BCUT2D eigenvalue weighted by Crippen LogP contribution is 2.28. The highest BCUT2D eigenvalue weighted by atomic mass is 19.1. The summed E-state index contributed by atoms with van der Waals surface area (Å²) < 4.78 is 25.4. The lowest BCUT2D eigenvalue weighted by atomic mass is 10.0. The van der Waals surface area contributed by atoms with E-state index in [1.165, 1.54) is 24.3 Å². The standard InChI is InChI=1S/C16H19FN4O3/c1-20-8-14(18-19-20)13-7-21(9-15(13)23-2)16(22)10-24-12-5-3-11(17)4-6-12/h3-6,8,13,15H,7,9-10H2,1-2H3/t13-,15+/m0/s1. The van der Waals surface area contributed by atoms with E-state index in [-0.39, 0.29) is 30.4 Å². The van der Waals surface area contributed by atoms with Crippen molar-refractivity contribution in [1.29, 1.82) is 0 Å². The van der Waals surface area contributed by atoms with Crippen molar-refractivity contribution in [3.8, 4) is 5.75 Å². The van der Waals surface area contributed by atoms with Crippen LogP contribution in [0.2, 0.25) is 0 Å². The predicted molar refractivity (Wildman–Crippen MR) is 83.0 cm³/mol. The summed E-state index contributed by atoms with van der Waals surface area (Å²) in [7, 11) is 3.42. The zero-order valence-corrected chi connectivity index (χ0v) is 13.6. The minimum Gasteiger partial charge on any atom is -0.484 e. The minimum atomic E-state index is -0.344. The summed E-state index contributed by atoms with van der Waals surface area (Å²) in [6.07, 6.45) is 1.70. The Morgan fingerprint density at radius 2 is 2.08 bits per heavy atom. The van der Waals surface area contributed by atoms with Crippen LogP contribution in [0.25, 0.3) is 0 Å². The van der Waals surface area contributed by atoms with Gasteiger partial charge in [-0.2, -0.15) is 0 Å². The van der Waals surface area contributed by atoms with Gasteiger partial charge in [0.1, 0.15) is 11.6 Å². The quantitative estimate of drug-likeness (QED) is 0.815. The van der Waals surface area contributed by atoms with E-state index in [0.29, 0.717) is 18.8 Å². The number of aryl methyl sites for hydroxylation is 1. The summed E-state index contributed by atoms with van der Waals surface area (Å²) in [5.74, 6) is -0.0491. The molecule has 0 radical (unpaired) electrons. The maximum atomic E-state index is 12.9. The molecule has 2 atom stereocenters. The van der Waals surface area contributed by atoms with Crippen molar-refractivity contribution in [2.75, 3.05) is 26.8 Å². The van der Waals surface area contributed by atoms with E-state index in [1.54, 1.807) is 23.7 Å². The van der Waals surface area contributed by atoms with E-state index >= 15 is 0 Å². The summed E-state index contributed by atoms with van der Waals surface area (Å²) >= 11 is 0. The molecular weight excluding hydrogens is 315 g/mol. The van der Waals surface area contributed by atoms with Gasteiger partial charge in [-0.25, -0.2) is 4.39 Å². The largest absolute Gasteiger partial charge is 0.484 e. The van der Waals surface area contributed by atoms with Crippen LogP contribution in [0.3, 0.4) is 0 Å². The molecule has 1 aliphatic rings. The van der Waals surface area contributed by atoms with Gasteiger partial charge < -0.3 is 14.4 Å². The highest BCUT2D eigenvalue weighted by molar-refractivity contribution is 5.78. The Kier molecular flexibility index (Phi) is 4.75. The monoisotopic (exact) mass is 334 g/mol. The second kappa shape index (κ2) is 6.96. The third kappa shape index (κ3) is 3.53. The lowest BCUT2D eigenvalue weighted by molar-refractivity contribution is -0.132. The number of methoxy groups -OCH3 is 1. The van der Waals surface area contributed by atoms with Crippen LogP contribution in [0.15, 0.2) is 30.5 Å². The maximum Gasteiger partial charge on any atom is 0.260 e. The van der Waals surface area contributed by atoms with Crippen LogP contribution in [0, 0.1) is 5.82 Å². The average Bonchev–Trinajstić information content (AvgIpc) is 3.20. The molecule has 3 rings (SSSR count). The molecule has 0 bridgehead atoms. The van der Waals surface area contributed by atoms with Crippen molar-refractivity contribution in [2.45, 2.75) is 12.0 Å². The van der Waals surface area contributed by atoms with E-state index in [2.05, 4.69) is 10.3 Å². The number of halogens is 1. The van der Waals surface area contributed by atoms with E-state index in [4.69, 9.17) is 9.47 Å². The molecule has 0 aliphatic carbocycles. The number of hydrogen-bond donors (Lipinski definition) is 0. The zero-order valence-electron chi connectivity index (χ0n) is 13.6. The first kappa shape index (κ1) is 16.4. The third-order valence-corrected chi connectivity index (χ3v) is 4.10. The Morgan fingerprint density at radius 3 is 2.71 bits per heavy atom. The Hall–Kier alpha value is -2.48. The number of likely N-dealkylation sites (tertiary alicyclic amines) is 1. The molecule has 0 N–H and O–H groups in total. The normalized spacial score (nSPS) is 20.4. The summed E-state index contributed by atoms with van der Waals surface area (Å²) in [6.45, 7) is 0.876. The van der Waals surface area contributed by atoms with Gasteiger partial charge in [-0.15, -0.1) is 5.10 Å². The van der Waals surface area contributed by atoms with Gasteiger partial charge in [-0.3, -0.25) is 9.48 Å². The fraction of sp³-hybridized carbons (Fsp3) is 0.438. The number of amides is 1. The number of benzene rings is 1. The van der Waals surface area contributed by atoms with Crippen molar-refractivity contribution in [1.82, 2.24) is 19.9 Å². The molecule has 8 heteroatoms. The van der Waals surface area contributed by atoms with Crippen LogP contribution in [-0.2, 0) is 16.6 Å². The summed E-state index contributed by atoms with van der Waals surface area (Å²) in [4.78, 5) is 14.1. The van der Waals surface area contributed by atoms with Gasteiger partial charge in [0.15, 0.2) is 6.61 Å². The molecule has 0 spiro atoms. The molecule has 1 fully saturated rings. The van der Waals surface area contributed by atoms with Gasteiger partial charge in [0, 0.05) is 33.4 Å². The van der Waals surface area contributed by atoms with E-state index < -0.39 is 0 Å². The molecule has 1 aromatic carbocycles. The van der Waals surface area contributed by atoms with Crippen LogP contribution >= 0.6 is 0 Å². The zero-order chi connectivity index (χ0) is 17.1. The lowest BCUT2D eigenvalue weighted by Gasteiger charge is -2.16. The van der Waals surface area contributed by atoms with E-state index in [0.717, 1.165) is 5.69 Å². The molecule has 7 nitrogen and oxygen atoms in total. The first-order chi connectivity index (χ1) is 11.6. The molecule has 2 heterocycles. The van der Waals surface area contributed by atoms with E-state index in [9.17, 15) is 9.18 Å². The van der Waals surface area contributed by atoms with Crippen LogP contribution < -0.4 is 4.74 Å². The molecule has 1 amide bonds. The van der Waals surface area contributed by atoms with Crippen molar-refractivity contribution < 1.29 is 18.7 Å². The number of hydrogen-bond acceptors (Lipinski definition) is 5. The molecule has 1 saturated heterocycles. The van der Waals surface area contributed by atoms with Crippen molar-refractivity contribution in [3.63, 3.8) is 0 Å². The van der Waals surface area contributed by atoms with Crippen molar-refractivity contribution in [2.24, 2.45) is 7.05 Å². The summed E-state index contributed by atoms with van der Waals surface area (Å²) in [6, 6.07) is 5.57. The van der Waals surface area contributed by atoms with Gasteiger partial charge in [0.2, 0.25) is 0 Å². The van der Waals surface area contributed by atoms with Gasteiger partial charge in [0.25, 0.3) is 5.91 Å². The first-order valence-corrected chi connectivity index (χ1v) is 7.62. The lowest BCUT2D eigenvalue weighted by Crippen LogP contribution is -2.33. The number of carbonyl (C=O) groups excluding carboxylic acids is 1. The summed E-state index contributed by atoms with van der Waals surface area (Å²) in [5.41, 5.74) is 0.805. The second-order valence-corrected chi connectivity index (χ2v) is 5.74. The van der Waals surface area contributed by atoms with Crippen molar-refractivity contribution >= 4 is 5.91 Å². The Morgan fingerprint density at radius 1 is 1.33 bits per heavy atom. The Bertz CT molecular complexity index is 704.